The lowest BCUT2D eigenvalue weighted by atomic mass is 9.80. The molecule has 2 heterocycles. The molecule has 0 saturated carbocycles. The van der Waals surface area contributed by atoms with Crippen molar-refractivity contribution < 1.29 is 18.6 Å². The van der Waals surface area contributed by atoms with E-state index in [2.05, 4.69) is 0 Å². The summed E-state index contributed by atoms with van der Waals surface area (Å²) in [5.41, 5.74) is -0.325. The zero-order chi connectivity index (χ0) is 14.1. The van der Waals surface area contributed by atoms with Crippen molar-refractivity contribution in [1.29, 1.82) is 0 Å². The highest BCUT2D eigenvalue weighted by molar-refractivity contribution is 7.46. The largest absolute Gasteiger partial charge is 0.444 e. The number of hydrogen-bond donors (Lipinski definition) is 0. The SMILES string of the molecule is CP1OCC2(CCN(C(=O)OC(C)(C)C)CC2)CO1. The van der Waals surface area contributed by atoms with Crippen LogP contribution in [0.25, 0.3) is 0 Å². The summed E-state index contributed by atoms with van der Waals surface area (Å²) in [5, 5.41) is 0. The van der Waals surface area contributed by atoms with Gasteiger partial charge >= 0.3 is 6.09 Å². The molecule has 2 saturated heterocycles. The zero-order valence-corrected chi connectivity index (χ0v) is 13.2. The molecule has 1 spiro atoms. The number of amides is 1. The Labute approximate surface area is 116 Å². The normalized spacial score (nSPS) is 24.5. The number of rotatable bonds is 0. The van der Waals surface area contributed by atoms with Crippen LogP contribution < -0.4 is 0 Å². The van der Waals surface area contributed by atoms with Gasteiger partial charge in [0, 0.05) is 25.2 Å². The third-order valence-electron chi connectivity index (χ3n) is 3.58. The van der Waals surface area contributed by atoms with Gasteiger partial charge in [-0.25, -0.2) is 4.79 Å². The molecule has 0 radical (unpaired) electrons. The van der Waals surface area contributed by atoms with Gasteiger partial charge in [-0.3, -0.25) is 0 Å². The Balaban J connectivity index is 1.84. The fraction of sp³-hybridized carbons (Fsp3) is 0.923. The van der Waals surface area contributed by atoms with Crippen LogP contribution in [0.2, 0.25) is 0 Å². The molecule has 19 heavy (non-hydrogen) atoms. The second-order valence-electron chi connectivity index (χ2n) is 6.45. The predicted octanol–water partition coefficient (Wildman–Crippen LogP) is 2.99. The minimum absolute atomic E-state index is 0.105. The average Bonchev–Trinajstić information content (AvgIpc) is 2.32. The van der Waals surface area contributed by atoms with Crippen LogP contribution in [0.5, 0.6) is 0 Å². The van der Waals surface area contributed by atoms with Crippen LogP contribution in [-0.4, -0.2) is 49.6 Å². The quantitative estimate of drug-likeness (QED) is 0.643. The molecule has 5 nitrogen and oxygen atoms in total. The first-order chi connectivity index (χ1) is 8.80. The molecule has 0 atom stereocenters. The fourth-order valence-electron chi connectivity index (χ4n) is 2.31. The Bertz CT molecular complexity index is 324. The Morgan fingerprint density at radius 3 is 2.21 bits per heavy atom. The second-order valence-corrected chi connectivity index (χ2v) is 7.85. The van der Waals surface area contributed by atoms with Crippen LogP contribution in [0.1, 0.15) is 33.6 Å². The number of likely N-dealkylation sites (tertiary alicyclic amines) is 1. The Hall–Kier alpha value is -0.380. The maximum absolute atomic E-state index is 12.0. The topological polar surface area (TPSA) is 48.0 Å². The fourth-order valence-corrected chi connectivity index (χ4v) is 3.30. The van der Waals surface area contributed by atoms with Gasteiger partial charge in [-0.2, -0.15) is 0 Å². The van der Waals surface area contributed by atoms with E-state index < -0.39 is 14.0 Å². The highest BCUT2D eigenvalue weighted by atomic mass is 31.2. The lowest BCUT2D eigenvalue weighted by Crippen LogP contribution is -2.49. The molecule has 0 unspecified atom stereocenters. The van der Waals surface area contributed by atoms with Gasteiger partial charge in [0.05, 0.1) is 13.2 Å². The number of hydrogen-bond acceptors (Lipinski definition) is 4. The number of piperidine rings is 1. The third kappa shape index (κ3) is 4.04. The van der Waals surface area contributed by atoms with Crippen molar-refractivity contribution in [3.05, 3.63) is 0 Å². The molecule has 6 heteroatoms. The number of carbonyl (C=O) groups excluding carboxylic acids is 1. The molecule has 2 aliphatic rings. The summed E-state index contributed by atoms with van der Waals surface area (Å²) in [7, 11) is -0.690. The van der Waals surface area contributed by atoms with Crippen LogP contribution in [0, 0.1) is 5.41 Å². The van der Waals surface area contributed by atoms with E-state index in [4.69, 9.17) is 13.8 Å². The van der Waals surface area contributed by atoms with Crippen molar-refractivity contribution in [2.75, 3.05) is 33.0 Å². The summed E-state index contributed by atoms with van der Waals surface area (Å²) in [4.78, 5) is 13.8. The van der Waals surface area contributed by atoms with Crippen LogP contribution in [0.15, 0.2) is 0 Å². The van der Waals surface area contributed by atoms with Gasteiger partial charge in [-0.1, -0.05) is 0 Å². The Kier molecular flexibility index (Phi) is 4.38. The van der Waals surface area contributed by atoms with E-state index in [0.29, 0.717) is 0 Å². The second kappa shape index (κ2) is 5.55. The first kappa shape index (κ1) is 15.0. The highest BCUT2D eigenvalue weighted by Gasteiger charge is 2.40. The number of nitrogens with zero attached hydrogens (tertiary/aromatic N) is 1. The van der Waals surface area contributed by atoms with Gasteiger partial charge < -0.3 is 18.7 Å². The molecule has 2 fully saturated rings. The summed E-state index contributed by atoms with van der Waals surface area (Å²) >= 11 is 0. The molecule has 2 aliphatic heterocycles. The minimum Gasteiger partial charge on any atom is -0.444 e. The van der Waals surface area contributed by atoms with Crippen molar-refractivity contribution in [3.63, 3.8) is 0 Å². The van der Waals surface area contributed by atoms with Crippen molar-refractivity contribution in [1.82, 2.24) is 4.90 Å². The van der Waals surface area contributed by atoms with E-state index in [1.807, 2.05) is 27.4 Å². The first-order valence-electron chi connectivity index (χ1n) is 6.77. The molecule has 0 N–H and O–H groups in total. The molecule has 0 aromatic heterocycles. The van der Waals surface area contributed by atoms with Crippen molar-refractivity contribution in [2.24, 2.45) is 5.41 Å². The Morgan fingerprint density at radius 2 is 1.74 bits per heavy atom. The van der Waals surface area contributed by atoms with Crippen LogP contribution in [0.3, 0.4) is 0 Å². The molecule has 2 rings (SSSR count). The van der Waals surface area contributed by atoms with Crippen LogP contribution in [0.4, 0.5) is 4.79 Å². The van der Waals surface area contributed by atoms with Gasteiger partial charge in [-0.15, -0.1) is 0 Å². The van der Waals surface area contributed by atoms with E-state index in [1.54, 1.807) is 4.90 Å². The predicted molar refractivity (Wildman–Crippen MR) is 74.2 cm³/mol. The number of carbonyl (C=O) groups is 1. The van der Waals surface area contributed by atoms with Crippen molar-refractivity contribution in [2.45, 2.75) is 39.2 Å². The maximum atomic E-state index is 12.0. The van der Waals surface area contributed by atoms with Gasteiger partial charge in [0.1, 0.15) is 5.60 Å². The van der Waals surface area contributed by atoms with Crippen LogP contribution >= 0.6 is 8.38 Å². The maximum Gasteiger partial charge on any atom is 0.410 e. The van der Waals surface area contributed by atoms with E-state index >= 15 is 0 Å². The van der Waals surface area contributed by atoms with Gasteiger partial charge in [0.2, 0.25) is 0 Å². The van der Waals surface area contributed by atoms with E-state index in [9.17, 15) is 4.79 Å². The monoisotopic (exact) mass is 289 g/mol. The summed E-state index contributed by atoms with van der Waals surface area (Å²) in [6, 6.07) is 0. The van der Waals surface area contributed by atoms with Gasteiger partial charge in [-0.05, 0) is 33.6 Å². The van der Waals surface area contributed by atoms with Gasteiger partial charge in [0.15, 0.2) is 8.38 Å². The molecule has 1 amide bonds. The Morgan fingerprint density at radius 1 is 1.21 bits per heavy atom. The molecular weight excluding hydrogens is 265 g/mol. The van der Waals surface area contributed by atoms with E-state index in [0.717, 1.165) is 39.1 Å². The van der Waals surface area contributed by atoms with Gasteiger partial charge in [0.25, 0.3) is 0 Å². The lowest BCUT2D eigenvalue weighted by molar-refractivity contribution is -0.0261. The molecule has 0 bridgehead atoms. The smallest absolute Gasteiger partial charge is 0.410 e. The minimum atomic E-state index is -0.690. The summed E-state index contributed by atoms with van der Waals surface area (Å²) < 4.78 is 16.7. The van der Waals surface area contributed by atoms with Crippen LogP contribution in [-0.2, 0) is 13.8 Å². The lowest BCUT2D eigenvalue weighted by Gasteiger charge is -2.44. The number of ether oxygens (including phenoxy) is 1. The van der Waals surface area contributed by atoms with Crippen molar-refractivity contribution >= 4 is 14.5 Å². The van der Waals surface area contributed by atoms with Crippen molar-refractivity contribution in [3.8, 4) is 0 Å². The van der Waals surface area contributed by atoms with E-state index in [-0.39, 0.29) is 11.5 Å². The summed E-state index contributed by atoms with van der Waals surface area (Å²) in [6.45, 7) is 10.6. The summed E-state index contributed by atoms with van der Waals surface area (Å²) in [6.07, 6.45) is 1.64. The zero-order valence-electron chi connectivity index (χ0n) is 12.3. The summed E-state index contributed by atoms with van der Waals surface area (Å²) in [5.74, 6) is 0. The molecule has 0 aliphatic carbocycles. The molecule has 110 valence electrons. The third-order valence-corrected chi connectivity index (χ3v) is 4.57. The average molecular weight is 289 g/mol. The molecule has 0 aromatic rings. The first-order valence-corrected chi connectivity index (χ1v) is 8.40. The standard InChI is InChI=1S/C13H24NO4P/c1-12(2,3)18-11(15)14-7-5-13(6-8-14)9-16-19(4)17-10-13/h5-10H2,1-4H3. The van der Waals surface area contributed by atoms with E-state index in [1.165, 1.54) is 0 Å². The highest BCUT2D eigenvalue weighted by Crippen LogP contribution is 2.46. The molecular formula is C13H24NO4P. The molecule has 0 aromatic carbocycles.